The maximum Gasteiger partial charge on any atom is 0.134 e. The van der Waals surface area contributed by atoms with Gasteiger partial charge in [-0.2, -0.15) is 0 Å². The fourth-order valence-corrected chi connectivity index (χ4v) is 12.2. The lowest BCUT2D eigenvalue weighted by molar-refractivity contribution is 0.397. The Bertz CT molecular complexity index is 2260. The Balaban J connectivity index is 1.19. The molecule has 0 atom stereocenters. The topological polar surface area (TPSA) is 16.1 Å². The van der Waals surface area contributed by atoms with E-state index in [0.717, 1.165) is 23.6 Å². The van der Waals surface area contributed by atoms with Gasteiger partial charge in [-0.3, -0.25) is 0 Å². The second-order valence-corrected chi connectivity index (χ2v) is 21.0. The molecule has 0 saturated carbocycles. The van der Waals surface area contributed by atoms with Crippen LogP contribution in [0.3, 0.4) is 0 Å². The monoisotopic (exact) mass is 891 g/mol. The van der Waals surface area contributed by atoms with Crippen molar-refractivity contribution in [2.75, 3.05) is 18.0 Å². The molecule has 64 heavy (non-hydrogen) atoms. The average Bonchev–Trinajstić information content (AvgIpc) is 4.06. The summed E-state index contributed by atoms with van der Waals surface area (Å²) in [4.78, 5) is 10.2. The molecule has 1 aliphatic rings. The van der Waals surface area contributed by atoms with Crippen molar-refractivity contribution in [1.29, 1.82) is 0 Å². The summed E-state index contributed by atoms with van der Waals surface area (Å²) in [7, 11) is 0. The molecular formula is C60H78N2S2. The minimum atomic E-state index is 0.0180. The third-order valence-corrected chi connectivity index (χ3v) is 16.3. The van der Waals surface area contributed by atoms with Crippen LogP contribution in [0.15, 0.2) is 97.1 Å². The average molecular weight is 891 g/mol. The number of hydrogen-bond acceptors (Lipinski definition) is 4. The Morgan fingerprint density at radius 1 is 0.484 bits per heavy atom. The number of benzene rings is 4. The highest BCUT2D eigenvalue weighted by molar-refractivity contribution is 7.26. The highest BCUT2D eigenvalue weighted by atomic mass is 32.1. The lowest BCUT2D eigenvalue weighted by Gasteiger charge is -2.33. The van der Waals surface area contributed by atoms with E-state index in [0.29, 0.717) is 0 Å². The molecule has 0 bridgehead atoms. The van der Waals surface area contributed by atoms with E-state index in [1.807, 2.05) is 22.7 Å². The van der Waals surface area contributed by atoms with Crippen LogP contribution in [0, 0.1) is 0 Å². The SMILES string of the molecule is CCCCCCCCCCC1(CCCCCCCCCC)c2cc(/C=C/c3ccc(N(CCCC)CCCC)cc3)ccc2-c2ccc(-c3ccc(-c4nc5ccccc5s4)s3)cc21. The fraction of sp³-hybridized carbons (Fsp3) is 0.483. The summed E-state index contributed by atoms with van der Waals surface area (Å²) in [5, 5.41) is 1.13. The van der Waals surface area contributed by atoms with Crippen LogP contribution in [0.4, 0.5) is 5.69 Å². The third-order valence-electron chi connectivity index (χ3n) is 14.0. The van der Waals surface area contributed by atoms with E-state index >= 15 is 0 Å². The Morgan fingerprint density at radius 3 is 1.64 bits per heavy atom. The Kier molecular flexibility index (Phi) is 18.8. The lowest BCUT2D eigenvalue weighted by Crippen LogP contribution is -2.25. The van der Waals surface area contributed by atoms with Crippen LogP contribution in [-0.4, -0.2) is 18.1 Å². The van der Waals surface area contributed by atoms with E-state index in [1.54, 1.807) is 11.1 Å². The summed E-state index contributed by atoms with van der Waals surface area (Å²) in [6, 6.07) is 37.5. The van der Waals surface area contributed by atoms with E-state index in [2.05, 4.69) is 142 Å². The Labute approximate surface area is 396 Å². The number of thiazole rings is 1. The number of nitrogens with zero attached hydrogens (tertiary/aromatic N) is 2. The van der Waals surface area contributed by atoms with Crippen molar-refractivity contribution < 1.29 is 0 Å². The molecule has 4 aromatic carbocycles. The molecule has 0 spiro atoms. The van der Waals surface area contributed by atoms with Crippen molar-refractivity contribution in [1.82, 2.24) is 4.98 Å². The highest BCUT2D eigenvalue weighted by Gasteiger charge is 2.42. The Morgan fingerprint density at radius 2 is 1.02 bits per heavy atom. The summed E-state index contributed by atoms with van der Waals surface area (Å²) >= 11 is 3.71. The standard InChI is InChI=1S/C60H78N2S2/c1-5-9-13-15-17-19-21-25-41-60(42-26-22-20-18-16-14-10-6-2)53-45-48(30-29-47-31-35-50(36-32-47)62(43-11-7-3)44-12-8-4)33-37-51(53)52-38-34-49(46-54(52)60)56-39-40-58(63-56)59-61-55-27-23-24-28-57(55)64-59/h23-24,27-40,45-46H,5-22,25-26,41-44H2,1-4H3/b30-29+. The first-order valence-corrected chi connectivity index (χ1v) is 27.5. The summed E-state index contributed by atoms with van der Waals surface area (Å²) in [5.74, 6) is 0. The molecule has 340 valence electrons. The van der Waals surface area contributed by atoms with Gasteiger partial charge < -0.3 is 4.90 Å². The van der Waals surface area contributed by atoms with Crippen molar-refractivity contribution in [2.45, 2.75) is 174 Å². The van der Waals surface area contributed by atoms with Crippen molar-refractivity contribution in [2.24, 2.45) is 0 Å². The number of para-hydroxylation sites is 1. The van der Waals surface area contributed by atoms with Crippen LogP contribution in [-0.2, 0) is 5.41 Å². The molecule has 0 unspecified atom stereocenters. The number of hydrogen-bond donors (Lipinski definition) is 0. The molecule has 2 nitrogen and oxygen atoms in total. The van der Waals surface area contributed by atoms with Crippen LogP contribution in [0.2, 0.25) is 0 Å². The molecule has 0 aliphatic heterocycles. The van der Waals surface area contributed by atoms with Gasteiger partial charge in [0, 0.05) is 29.1 Å². The Hall–Kier alpha value is -3.99. The second-order valence-electron chi connectivity index (χ2n) is 18.9. The fourth-order valence-electron chi connectivity index (χ4n) is 10.2. The first kappa shape index (κ1) is 48.0. The number of anilines is 1. The van der Waals surface area contributed by atoms with Crippen molar-refractivity contribution in [3.05, 3.63) is 119 Å². The highest BCUT2D eigenvalue weighted by Crippen LogP contribution is 2.56. The molecule has 2 aromatic heterocycles. The predicted molar refractivity (Wildman–Crippen MR) is 286 cm³/mol. The van der Waals surface area contributed by atoms with Crippen molar-refractivity contribution in [3.8, 4) is 31.5 Å². The number of fused-ring (bicyclic) bond motifs is 4. The third kappa shape index (κ3) is 12.5. The van der Waals surface area contributed by atoms with Gasteiger partial charge in [0.25, 0.3) is 0 Å². The van der Waals surface area contributed by atoms with Gasteiger partial charge in [0.15, 0.2) is 0 Å². The molecule has 0 radical (unpaired) electrons. The van der Waals surface area contributed by atoms with E-state index in [-0.39, 0.29) is 5.41 Å². The van der Waals surface area contributed by atoms with Crippen LogP contribution in [0.1, 0.15) is 191 Å². The van der Waals surface area contributed by atoms with Crippen LogP contribution >= 0.6 is 22.7 Å². The summed E-state index contributed by atoms with van der Waals surface area (Å²) in [6.45, 7) is 11.5. The van der Waals surface area contributed by atoms with E-state index in [4.69, 9.17) is 4.98 Å². The molecule has 2 heterocycles. The quantitative estimate of drug-likeness (QED) is 0.0345. The molecule has 0 N–H and O–H groups in total. The molecule has 7 rings (SSSR count). The van der Waals surface area contributed by atoms with Crippen molar-refractivity contribution >= 4 is 50.7 Å². The van der Waals surface area contributed by atoms with Gasteiger partial charge in [-0.05, 0) is 107 Å². The van der Waals surface area contributed by atoms with Crippen LogP contribution in [0.5, 0.6) is 0 Å². The molecule has 4 heteroatoms. The molecule has 0 saturated heterocycles. The number of unbranched alkanes of at least 4 members (excludes halogenated alkanes) is 16. The van der Waals surface area contributed by atoms with Gasteiger partial charge in [-0.1, -0.05) is 210 Å². The maximum atomic E-state index is 5.03. The minimum Gasteiger partial charge on any atom is -0.372 e. The lowest BCUT2D eigenvalue weighted by atomic mass is 9.70. The first-order valence-electron chi connectivity index (χ1n) is 25.9. The van der Waals surface area contributed by atoms with Gasteiger partial charge in [-0.25, -0.2) is 4.98 Å². The molecule has 1 aliphatic carbocycles. The van der Waals surface area contributed by atoms with Crippen LogP contribution in [0.25, 0.3) is 53.8 Å². The second kappa shape index (κ2) is 25.1. The zero-order valence-corrected chi connectivity index (χ0v) is 41.7. The minimum absolute atomic E-state index is 0.0180. The number of aromatic nitrogens is 1. The summed E-state index contributed by atoms with van der Waals surface area (Å²) in [6.07, 6.45) is 33.8. The first-order chi connectivity index (χ1) is 31.6. The zero-order chi connectivity index (χ0) is 44.4. The van der Waals surface area contributed by atoms with Gasteiger partial charge in [-0.15, -0.1) is 22.7 Å². The molecule has 6 aromatic rings. The zero-order valence-electron chi connectivity index (χ0n) is 40.1. The number of thiophene rings is 1. The molecule has 0 amide bonds. The van der Waals surface area contributed by atoms with Gasteiger partial charge >= 0.3 is 0 Å². The normalized spacial score (nSPS) is 13.0. The molecular weight excluding hydrogens is 813 g/mol. The van der Waals surface area contributed by atoms with Gasteiger partial charge in [0.2, 0.25) is 0 Å². The van der Waals surface area contributed by atoms with Crippen LogP contribution < -0.4 is 4.90 Å². The van der Waals surface area contributed by atoms with E-state index < -0.39 is 0 Å². The largest absolute Gasteiger partial charge is 0.372 e. The molecule has 0 fully saturated rings. The predicted octanol–water partition coefficient (Wildman–Crippen LogP) is 19.6. The van der Waals surface area contributed by atoms with E-state index in [9.17, 15) is 0 Å². The van der Waals surface area contributed by atoms with Crippen molar-refractivity contribution in [3.63, 3.8) is 0 Å². The smallest absolute Gasteiger partial charge is 0.134 e. The van der Waals surface area contributed by atoms with Gasteiger partial charge in [0.1, 0.15) is 5.01 Å². The maximum absolute atomic E-state index is 5.03. The number of rotatable bonds is 29. The summed E-state index contributed by atoms with van der Waals surface area (Å²) < 4.78 is 1.26. The van der Waals surface area contributed by atoms with Gasteiger partial charge in [0.05, 0.1) is 15.1 Å². The van der Waals surface area contributed by atoms with E-state index in [1.165, 1.54) is 189 Å². The summed E-state index contributed by atoms with van der Waals surface area (Å²) in [5.41, 5.74) is 12.5.